The van der Waals surface area contributed by atoms with Gasteiger partial charge in [-0.25, -0.2) is 4.39 Å². The fourth-order valence-electron chi connectivity index (χ4n) is 1.68. The fraction of sp³-hybridized carbons (Fsp3) is 0.500. The normalized spacial score (nSPS) is 13.4. The van der Waals surface area contributed by atoms with Gasteiger partial charge in [0, 0.05) is 12.5 Å². The summed E-state index contributed by atoms with van der Waals surface area (Å²) in [5.74, 6) is -0.508. The van der Waals surface area contributed by atoms with E-state index in [1.807, 2.05) is 0 Å². The van der Waals surface area contributed by atoms with Crippen LogP contribution in [-0.2, 0) is 0 Å². The Bertz CT molecular complexity index is 392. The molecule has 6 heteroatoms. The molecule has 0 amide bonds. The van der Waals surface area contributed by atoms with Gasteiger partial charge < -0.3 is 10.1 Å². The van der Waals surface area contributed by atoms with E-state index < -0.39 is 24.5 Å². The van der Waals surface area contributed by atoms with E-state index in [4.69, 9.17) is 4.74 Å². The van der Waals surface area contributed by atoms with Crippen molar-refractivity contribution in [3.05, 3.63) is 29.6 Å². The third-order valence-corrected chi connectivity index (χ3v) is 2.64. The predicted octanol–water partition coefficient (Wildman–Crippen LogP) is 3.44. The van der Waals surface area contributed by atoms with E-state index in [1.54, 1.807) is 7.05 Å². The highest BCUT2D eigenvalue weighted by Crippen LogP contribution is 2.29. The van der Waals surface area contributed by atoms with E-state index in [-0.39, 0.29) is 12.2 Å². The number of alkyl halides is 3. The summed E-state index contributed by atoms with van der Waals surface area (Å²) in [6, 6.07) is 3.56. The quantitative estimate of drug-likeness (QED) is 0.823. The van der Waals surface area contributed by atoms with Crippen LogP contribution in [0, 0.1) is 5.82 Å². The van der Waals surface area contributed by atoms with Crippen molar-refractivity contribution < 1.29 is 22.3 Å². The molecule has 1 aromatic rings. The molecule has 0 aliphatic heterocycles. The van der Waals surface area contributed by atoms with Crippen molar-refractivity contribution >= 4 is 0 Å². The highest BCUT2D eigenvalue weighted by molar-refractivity contribution is 5.32. The van der Waals surface area contributed by atoms with Gasteiger partial charge in [0.2, 0.25) is 0 Å². The molecule has 1 N–H and O–H groups in total. The van der Waals surface area contributed by atoms with E-state index in [1.165, 1.54) is 25.3 Å². The van der Waals surface area contributed by atoms with Crippen LogP contribution in [0.4, 0.5) is 17.6 Å². The highest BCUT2D eigenvalue weighted by atomic mass is 19.4. The Labute approximate surface area is 103 Å². The second kappa shape index (κ2) is 6.04. The maximum Gasteiger partial charge on any atom is 0.389 e. The zero-order chi connectivity index (χ0) is 13.8. The maximum atomic E-state index is 13.2. The van der Waals surface area contributed by atoms with Crippen LogP contribution >= 0.6 is 0 Å². The number of hydrogen-bond donors (Lipinski definition) is 1. The lowest BCUT2D eigenvalue weighted by molar-refractivity contribution is -0.136. The lowest BCUT2D eigenvalue weighted by Crippen LogP contribution is -2.19. The van der Waals surface area contributed by atoms with Crippen LogP contribution < -0.4 is 10.1 Å². The van der Waals surface area contributed by atoms with Crippen molar-refractivity contribution in [2.24, 2.45) is 0 Å². The molecule has 0 bridgehead atoms. The average molecular weight is 265 g/mol. The Kier molecular flexibility index (Phi) is 4.95. The van der Waals surface area contributed by atoms with Gasteiger partial charge in [0.1, 0.15) is 0 Å². The van der Waals surface area contributed by atoms with Crippen LogP contribution in [0.1, 0.15) is 24.4 Å². The monoisotopic (exact) mass is 265 g/mol. The summed E-state index contributed by atoms with van der Waals surface area (Å²) in [6.45, 7) is 0. The molecule has 0 aromatic heterocycles. The van der Waals surface area contributed by atoms with E-state index in [0.717, 1.165) is 0 Å². The van der Waals surface area contributed by atoms with Gasteiger partial charge in [0.25, 0.3) is 0 Å². The lowest BCUT2D eigenvalue weighted by Gasteiger charge is -2.18. The first-order valence-electron chi connectivity index (χ1n) is 5.45. The summed E-state index contributed by atoms with van der Waals surface area (Å²) in [5, 5.41) is 2.78. The molecule has 0 aliphatic carbocycles. The van der Waals surface area contributed by atoms with Gasteiger partial charge in [0.15, 0.2) is 11.6 Å². The minimum absolute atomic E-state index is 0.0276. The molecule has 1 rings (SSSR count). The van der Waals surface area contributed by atoms with Gasteiger partial charge in [-0.05, 0) is 31.2 Å². The second-order valence-electron chi connectivity index (χ2n) is 3.89. The van der Waals surface area contributed by atoms with Gasteiger partial charge in [-0.15, -0.1) is 0 Å². The van der Waals surface area contributed by atoms with Crippen molar-refractivity contribution in [1.82, 2.24) is 5.32 Å². The smallest absolute Gasteiger partial charge is 0.389 e. The van der Waals surface area contributed by atoms with E-state index in [9.17, 15) is 17.6 Å². The van der Waals surface area contributed by atoms with E-state index in [0.29, 0.717) is 5.56 Å². The third-order valence-electron chi connectivity index (χ3n) is 2.64. The standard InChI is InChI=1S/C12H15F4NO/c1-17-10(5-6-12(14,15)16)8-3-4-9(13)11(7-8)18-2/h3-4,7,10,17H,5-6H2,1-2H3. The second-order valence-corrected chi connectivity index (χ2v) is 3.89. The van der Waals surface area contributed by atoms with Crippen LogP contribution in [0.5, 0.6) is 5.75 Å². The zero-order valence-corrected chi connectivity index (χ0v) is 10.1. The summed E-state index contributed by atoms with van der Waals surface area (Å²) < 4.78 is 54.5. The summed E-state index contributed by atoms with van der Waals surface area (Å²) in [6.07, 6.45) is -5.19. The summed E-state index contributed by atoms with van der Waals surface area (Å²) in [5.41, 5.74) is 0.569. The van der Waals surface area contributed by atoms with Gasteiger partial charge in [0.05, 0.1) is 7.11 Å². The molecule has 0 saturated heterocycles. The first kappa shape index (κ1) is 14.8. The predicted molar refractivity (Wildman–Crippen MR) is 60.0 cm³/mol. The molecule has 1 atom stereocenters. The van der Waals surface area contributed by atoms with Crippen LogP contribution in [0.3, 0.4) is 0 Å². The Balaban J connectivity index is 2.82. The van der Waals surface area contributed by atoms with Crippen molar-refractivity contribution in [1.29, 1.82) is 0 Å². The number of nitrogens with one attached hydrogen (secondary N) is 1. The largest absolute Gasteiger partial charge is 0.494 e. The van der Waals surface area contributed by atoms with Crippen molar-refractivity contribution in [2.45, 2.75) is 25.1 Å². The van der Waals surface area contributed by atoms with E-state index >= 15 is 0 Å². The number of methoxy groups -OCH3 is 1. The molecule has 18 heavy (non-hydrogen) atoms. The van der Waals surface area contributed by atoms with Crippen LogP contribution in [-0.4, -0.2) is 20.3 Å². The molecular formula is C12H15F4NO. The van der Waals surface area contributed by atoms with Gasteiger partial charge in [-0.2, -0.15) is 13.2 Å². The summed E-state index contributed by atoms with van der Waals surface area (Å²) >= 11 is 0. The molecule has 0 radical (unpaired) electrons. The molecule has 0 aliphatic rings. The molecule has 1 aromatic carbocycles. The van der Waals surface area contributed by atoms with Crippen molar-refractivity contribution in [3.8, 4) is 5.75 Å². The topological polar surface area (TPSA) is 21.3 Å². The zero-order valence-electron chi connectivity index (χ0n) is 10.1. The number of ether oxygens (including phenoxy) is 1. The van der Waals surface area contributed by atoms with E-state index in [2.05, 4.69) is 5.32 Å². The molecule has 0 heterocycles. The molecule has 0 fully saturated rings. The molecular weight excluding hydrogens is 250 g/mol. The highest BCUT2D eigenvalue weighted by Gasteiger charge is 2.28. The molecule has 2 nitrogen and oxygen atoms in total. The Morgan fingerprint density at radius 1 is 1.33 bits per heavy atom. The SMILES string of the molecule is CNC(CCC(F)(F)F)c1ccc(F)c(OC)c1. The van der Waals surface area contributed by atoms with Crippen molar-refractivity contribution in [2.75, 3.05) is 14.2 Å². The third kappa shape index (κ3) is 4.18. The molecule has 102 valence electrons. The minimum atomic E-state index is -4.20. The van der Waals surface area contributed by atoms with Crippen LogP contribution in [0.25, 0.3) is 0 Å². The molecule has 1 unspecified atom stereocenters. The lowest BCUT2D eigenvalue weighted by atomic mass is 10.0. The molecule has 0 spiro atoms. The first-order chi connectivity index (χ1) is 8.37. The summed E-state index contributed by atoms with van der Waals surface area (Å²) in [7, 11) is 2.88. The fourth-order valence-corrected chi connectivity index (χ4v) is 1.68. The summed E-state index contributed by atoms with van der Waals surface area (Å²) in [4.78, 5) is 0. The first-order valence-corrected chi connectivity index (χ1v) is 5.45. The van der Waals surface area contributed by atoms with Gasteiger partial charge >= 0.3 is 6.18 Å². The van der Waals surface area contributed by atoms with Crippen molar-refractivity contribution in [3.63, 3.8) is 0 Å². The maximum absolute atomic E-state index is 13.2. The Morgan fingerprint density at radius 2 is 2.00 bits per heavy atom. The minimum Gasteiger partial charge on any atom is -0.494 e. The number of halogens is 4. The van der Waals surface area contributed by atoms with Gasteiger partial charge in [-0.1, -0.05) is 6.07 Å². The Hall–Kier alpha value is -1.30. The number of benzene rings is 1. The van der Waals surface area contributed by atoms with Gasteiger partial charge in [-0.3, -0.25) is 0 Å². The van der Waals surface area contributed by atoms with Crippen LogP contribution in [0.2, 0.25) is 0 Å². The molecule has 0 saturated carbocycles. The Morgan fingerprint density at radius 3 is 2.50 bits per heavy atom. The van der Waals surface area contributed by atoms with Crippen LogP contribution in [0.15, 0.2) is 18.2 Å². The number of rotatable bonds is 5. The average Bonchev–Trinajstić information content (AvgIpc) is 2.30. The number of hydrogen-bond acceptors (Lipinski definition) is 2.